The molecule has 47 heavy (non-hydrogen) atoms. The highest BCUT2D eigenvalue weighted by atomic mass is 35.5. The van der Waals surface area contributed by atoms with Crippen molar-refractivity contribution in [2.75, 3.05) is 6.54 Å². The van der Waals surface area contributed by atoms with Crippen molar-refractivity contribution in [2.45, 2.75) is 58.6 Å². The summed E-state index contributed by atoms with van der Waals surface area (Å²) in [5, 5.41) is 13.1. The van der Waals surface area contributed by atoms with Crippen molar-refractivity contribution in [3.8, 4) is 28.3 Å². The summed E-state index contributed by atoms with van der Waals surface area (Å²) in [5.41, 5.74) is 4.85. The molecule has 2 N–H and O–H groups in total. The van der Waals surface area contributed by atoms with E-state index in [2.05, 4.69) is 9.88 Å². The molecule has 1 aliphatic carbocycles. The fraction of sp³-hybridized carbons (Fsp3) is 0.289. The number of fused-ring (bicyclic) bond motifs is 1. The molecular weight excluding hydrogens is 617 g/mol. The van der Waals surface area contributed by atoms with Gasteiger partial charge in [-0.05, 0) is 90.0 Å². The number of ether oxygens (including phenoxy) is 1. The number of nitrogens with one attached hydrogen (secondary N) is 1. The minimum atomic E-state index is -1.03. The maximum Gasteiger partial charge on any atom is 0.335 e. The summed E-state index contributed by atoms with van der Waals surface area (Å²) >= 11 is 6.13. The van der Waals surface area contributed by atoms with E-state index < -0.39 is 11.8 Å². The van der Waals surface area contributed by atoms with Gasteiger partial charge in [0, 0.05) is 29.2 Å². The summed E-state index contributed by atoms with van der Waals surface area (Å²) in [7, 11) is 0. The number of imidazole rings is 1. The molecule has 1 fully saturated rings. The molecular formula is C38H37ClFN3O4. The van der Waals surface area contributed by atoms with Crippen molar-refractivity contribution in [3.63, 3.8) is 0 Å². The van der Waals surface area contributed by atoms with E-state index in [4.69, 9.17) is 21.3 Å². The van der Waals surface area contributed by atoms with Crippen molar-refractivity contribution >= 4 is 34.5 Å². The molecule has 1 saturated carbocycles. The first kappa shape index (κ1) is 32.3. The molecule has 6 rings (SSSR count). The number of nitrogens with zero attached hydrogens (tertiary/aromatic N) is 2. The van der Waals surface area contributed by atoms with Gasteiger partial charge in [-0.25, -0.2) is 14.2 Å². The Hall–Kier alpha value is -4.69. The lowest BCUT2D eigenvalue weighted by atomic mass is 9.94. The number of benzene rings is 4. The average Bonchev–Trinajstić information content (AvgIpc) is 3.45. The maximum absolute atomic E-state index is 16.0. The smallest absolute Gasteiger partial charge is 0.335 e. The van der Waals surface area contributed by atoms with Gasteiger partial charge < -0.3 is 19.7 Å². The molecule has 4 aromatic carbocycles. The topological polar surface area (TPSA) is 93.4 Å². The third-order valence-electron chi connectivity index (χ3n) is 8.65. The Morgan fingerprint density at radius 2 is 1.68 bits per heavy atom. The van der Waals surface area contributed by atoms with E-state index in [9.17, 15) is 14.7 Å². The Balaban J connectivity index is 1.31. The molecule has 1 amide bonds. The van der Waals surface area contributed by atoms with Crippen LogP contribution >= 0.6 is 11.6 Å². The van der Waals surface area contributed by atoms with Gasteiger partial charge in [-0.15, -0.1) is 0 Å². The van der Waals surface area contributed by atoms with Crippen molar-refractivity contribution in [1.82, 2.24) is 14.9 Å². The Morgan fingerprint density at radius 3 is 2.38 bits per heavy atom. The van der Waals surface area contributed by atoms with Crippen LogP contribution < -0.4 is 10.1 Å². The second-order valence-corrected chi connectivity index (χ2v) is 13.0. The molecule has 0 atom stereocenters. The van der Waals surface area contributed by atoms with Gasteiger partial charge in [0.25, 0.3) is 5.91 Å². The molecule has 1 heterocycles. The monoisotopic (exact) mass is 653 g/mol. The molecule has 242 valence electrons. The van der Waals surface area contributed by atoms with E-state index >= 15 is 4.39 Å². The van der Waals surface area contributed by atoms with Gasteiger partial charge in [0.2, 0.25) is 0 Å². The summed E-state index contributed by atoms with van der Waals surface area (Å²) < 4.78 is 24.2. The van der Waals surface area contributed by atoms with Gasteiger partial charge in [-0.3, -0.25) is 4.79 Å². The standard InChI is InChI=1S/C38H37ClFN3O4/c1-23(2)21-41-37(44)25-10-15-31(24-8-12-28(39)13-9-24)27(18-25)22-47-30-14-16-32(33(40)20-30)36-42-34-19-26(38(45)46)11-17-35(34)43(36)29-6-4-3-5-7-29/h8-20,23,29H,3-7,21-22H2,1-2H3,(H,41,44)(H,45,46). The number of amides is 1. The summed E-state index contributed by atoms with van der Waals surface area (Å²) in [4.78, 5) is 29.3. The summed E-state index contributed by atoms with van der Waals surface area (Å²) in [6, 6.07) is 22.7. The van der Waals surface area contributed by atoms with Crippen LogP contribution in [-0.2, 0) is 6.61 Å². The highest BCUT2D eigenvalue weighted by Crippen LogP contribution is 2.38. The van der Waals surface area contributed by atoms with Gasteiger partial charge in [0.15, 0.2) is 0 Å². The number of hydrogen-bond donors (Lipinski definition) is 2. The van der Waals surface area contributed by atoms with Crippen LogP contribution in [0, 0.1) is 11.7 Å². The van der Waals surface area contributed by atoms with E-state index in [1.807, 2.05) is 50.2 Å². The molecule has 1 aromatic heterocycles. The lowest BCUT2D eigenvalue weighted by molar-refractivity contribution is 0.0696. The number of halogens is 2. The van der Waals surface area contributed by atoms with Crippen LogP contribution in [0.15, 0.2) is 78.9 Å². The fourth-order valence-corrected chi connectivity index (χ4v) is 6.35. The zero-order valence-corrected chi connectivity index (χ0v) is 27.2. The Morgan fingerprint density at radius 1 is 0.957 bits per heavy atom. The van der Waals surface area contributed by atoms with E-state index in [1.165, 1.54) is 6.07 Å². The minimum Gasteiger partial charge on any atom is -0.489 e. The normalized spacial score (nSPS) is 13.6. The first-order chi connectivity index (χ1) is 22.7. The molecule has 1 aliphatic rings. The SMILES string of the molecule is CC(C)CNC(=O)c1ccc(-c2ccc(Cl)cc2)c(COc2ccc(-c3nc4cc(C(=O)O)ccc4n3C3CCCCC3)c(F)c2)c1. The van der Waals surface area contributed by atoms with Crippen LogP contribution in [0.25, 0.3) is 33.5 Å². The van der Waals surface area contributed by atoms with Gasteiger partial charge >= 0.3 is 5.97 Å². The molecule has 9 heteroatoms. The van der Waals surface area contributed by atoms with Crippen LogP contribution in [0.4, 0.5) is 4.39 Å². The molecule has 0 unspecified atom stereocenters. The summed E-state index contributed by atoms with van der Waals surface area (Å²) in [6.45, 7) is 4.73. The lowest BCUT2D eigenvalue weighted by Gasteiger charge is -2.25. The third kappa shape index (κ3) is 7.18. The molecule has 0 bridgehead atoms. The maximum atomic E-state index is 16.0. The van der Waals surface area contributed by atoms with E-state index in [0.29, 0.717) is 45.7 Å². The van der Waals surface area contributed by atoms with Crippen molar-refractivity contribution < 1.29 is 23.8 Å². The number of carbonyl (C=O) groups is 2. The molecule has 0 aliphatic heterocycles. The predicted octanol–water partition coefficient (Wildman–Crippen LogP) is 9.33. The molecule has 7 nitrogen and oxygen atoms in total. The van der Waals surface area contributed by atoms with Gasteiger partial charge in [-0.2, -0.15) is 0 Å². The Kier molecular flexibility index (Phi) is 9.59. The first-order valence-electron chi connectivity index (χ1n) is 16.0. The molecule has 0 saturated heterocycles. The number of carbonyl (C=O) groups excluding carboxylic acids is 1. The second kappa shape index (κ2) is 14.0. The fourth-order valence-electron chi connectivity index (χ4n) is 6.22. The number of rotatable bonds is 10. The van der Waals surface area contributed by atoms with Crippen molar-refractivity contribution in [1.29, 1.82) is 0 Å². The largest absolute Gasteiger partial charge is 0.489 e. The zero-order chi connectivity index (χ0) is 33.1. The van der Waals surface area contributed by atoms with Crippen molar-refractivity contribution in [2.24, 2.45) is 5.92 Å². The Labute approximate surface area is 278 Å². The van der Waals surface area contributed by atoms with Gasteiger partial charge in [0.05, 0.1) is 22.2 Å². The van der Waals surface area contributed by atoms with Crippen LogP contribution in [0.1, 0.15) is 78.3 Å². The number of carboxylic acids is 1. The van der Waals surface area contributed by atoms with Crippen molar-refractivity contribution in [3.05, 3.63) is 106 Å². The van der Waals surface area contributed by atoms with Crippen LogP contribution in [0.5, 0.6) is 5.75 Å². The van der Waals surface area contributed by atoms with E-state index in [-0.39, 0.29) is 24.1 Å². The third-order valence-corrected chi connectivity index (χ3v) is 8.90. The van der Waals surface area contributed by atoms with Crippen LogP contribution in [-0.4, -0.2) is 33.1 Å². The zero-order valence-electron chi connectivity index (χ0n) is 26.4. The minimum absolute atomic E-state index is 0.0978. The lowest BCUT2D eigenvalue weighted by Crippen LogP contribution is -2.27. The molecule has 0 spiro atoms. The summed E-state index contributed by atoms with van der Waals surface area (Å²) in [6.07, 6.45) is 5.21. The predicted molar refractivity (Wildman–Crippen MR) is 183 cm³/mol. The number of aromatic nitrogens is 2. The van der Waals surface area contributed by atoms with Gasteiger partial charge in [-0.1, -0.05) is 62.9 Å². The van der Waals surface area contributed by atoms with E-state index in [0.717, 1.165) is 54.3 Å². The highest BCUT2D eigenvalue weighted by Gasteiger charge is 2.25. The van der Waals surface area contributed by atoms with Gasteiger partial charge in [0.1, 0.15) is 24.0 Å². The first-order valence-corrected chi connectivity index (χ1v) is 16.4. The number of hydrogen-bond acceptors (Lipinski definition) is 4. The molecule has 0 radical (unpaired) electrons. The summed E-state index contributed by atoms with van der Waals surface area (Å²) in [5.74, 6) is -0.578. The van der Waals surface area contributed by atoms with Crippen LogP contribution in [0.3, 0.4) is 0 Å². The quantitative estimate of drug-likeness (QED) is 0.157. The second-order valence-electron chi connectivity index (χ2n) is 12.5. The molecule has 5 aromatic rings. The Bertz CT molecular complexity index is 1930. The van der Waals surface area contributed by atoms with E-state index in [1.54, 1.807) is 36.4 Å². The number of aromatic carboxylic acids is 1. The van der Waals surface area contributed by atoms with Crippen LogP contribution in [0.2, 0.25) is 5.02 Å². The number of carboxylic acid groups (broad SMARTS) is 1. The average molecular weight is 654 g/mol. The highest BCUT2D eigenvalue weighted by molar-refractivity contribution is 6.30.